The smallest absolute Gasteiger partial charge is 0.313 e. The van der Waals surface area contributed by atoms with E-state index in [9.17, 15) is 26.0 Å². The summed E-state index contributed by atoms with van der Waals surface area (Å²) >= 11 is 0. The molecule has 0 bridgehead atoms. The molecule has 148 valence electrons. The van der Waals surface area contributed by atoms with Gasteiger partial charge >= 0.3 is 6.18 Å². The Morgan fingerprint density at radius 1 is 1.22 bits per heavy atom. The summed E-state index contributed by atoms with van der Waals surface area (Å²) in [6.07, 6.45) is -3.25. The molecule has 0 radical (unpaired) electrons. The van der Waals surface area contributed by atoms with Gasteiger partial charge in [0.15, 0.2) is 0 Å². The van der Waals surface area contributed by atoms with Gasteiger partial charge in [-0.1, -0.05) is 12.1 Å². The van der Waals surface area contributed by atoms with Gasteiger partial charge in [0.1, 0.15) is 10.7 Å². The second-order valence-electron chi connectivity index (χ2n) is 5.76. The van der Waals surface area contributed by atoms with Crippen molar-refractivity contribution in [2.45, 2.75) is 17.1 Å². The van der Waals surface area contributed by atoms with Gasteiger partial charge in [0.25, 0.3) is 0 Å². The molecule has 27 heavy (non-hydrogen) atoms. The third-order valence-electron chi connectivity index (χ3n) is 4.10. The summed E-state index contributed by atoms with van der Waals surface area (Å²) in [5.41, 5.74) is -0.915. The molecular formula is C16H16ClF4N3O2S. The third kappa shape index (κ3) is 4.40. The van der Waals surface area contributed by atoms with E-state index in [4.69, 9.17) is 0 Å². The Hall–Kier alpha value is -1.75. The van der Waals surface area contributed by atoms with Crippen molar-refractivity contribution in [3.63, 3.8) is 0 Å². The van der Waals surface area contributed by atoms with Gasteiger partial charge in [0.2, 0.25) is 10.0 Å². The molecule has 1 atom stereocenters. The normalized spacial score (nSPS) is 18.7. The zero-order valence-electron chi connectivity index (χ0n) is 13.8. The summed E-state index contributed by atoms with van der Waals surface area (Å²) in [5, 5.41) is 2.98. The number of benzene rings is 1. The predicted octanol–water partition coefficient (Wildman–Crippen LogP) is 3.00. The Morgan fingerprint density at radius 2 is 1.96 bits per heavy atom. The van der Waals surface area contributed by atoms with E-state index >= 15 is 0 Å². The number of pyridine rings is 1. The Balaban J connectivity index is 0.00000261. The standard InChI is InChI=1S/C16H15F4N3O2S.ClH/c17-12-3-1-2-11(8-12)14-9-22-6-7-23(14)26(24,25)15-10-21-5-4-13(15)16(18,19)20;/h1-5,8,10,14,22H,6-7,9H2;1H. The fourth-order valence-corrected chi connectivity index (χ4v) is 4.69. The van der Waals surface area contributed by atoms with E-state index in [0.29, 0.717) is 17.8 Å². The average molecular weight is 426 g/mol. The van der Waals surface area contributed by atoms with E-state index in [-0.39, 0.29) is 32.0 Å². The Kier molecular flexibility index (Phi) is 6.46. The molecule has 1 fully saturated rings. The van der Waals surface area contributed by atoms with Crippen LogP contribution in [0.5, 0.6) is 0 Å². The lowest BCUT2D eigenvalue weighted by molar-refractivity contribution is -0.140. The number of nitrogens with zero attached hydrogens (tertiary/aromatic N) is 2. The molecule has 3 rings (SSSR count). The maximum Gasteiger partial charge on any atom is 0.417 e. The fraction of sp³-hybridized carbons (Fsp3) is 0.312. The highest BCUT2D eigenvalue weighted by molar-refractivity contribution is 7.89. The van der Waals surface area contributed by atoms with Crippen LogP contribution in [0.15, 0.2) is 47.6 Å². The van der Waals surface area contributed by atoms with E-state index in [1.54, 1.807) is 0 Å². The van der Waals surface area contributed by atoms with Gasteiger partial charge in [-0.3, -0.25) is 4.98 Å². The molecule has 2 aromatic rings. The van der Waals surface area contributed by atoms with Gasteiger partial charge in [-0.05, 0) is 23.8 Å². The summed E-state index contributed by atoms with van der Waals surface area (Å²) in [6, 6.07) is 5.15. The van der Waals surface area contributed by atoms with Crippen molar-refractivity contribution in [1.82, 2.24) is 14.6 Å². The molecule has 1 aromatic carbocycles. The molecule has 0 saturated carbocycles. The topological polar surface area (TPSA) is 62.3 Å². The second kappa shape index (κ2) is 8.09. The molecule has 1 unspecified atom stereocenters. The van der Waals surface area contributed by atoms with Crippen LogP contribution < -0.4 is 5.32 Å². The lowest BCUT2D eigenvalue weighted by atomic mass is 10.1. The van der Waals surface area contributed by atoms with Crippen molar-refractivity contribution in [3.8, 4) is 0 Å². The van der Waals surface area contributed by atoms with Crippen molar-refractivity contribution < 1.29 is 26.0 Å². The number of sulfonamides is 1. The summed E-state index contributed by atoms with van der Waals surface area (Å²) < 4.78 is 80.2. The number of piperazine rings is 1. The van der Waals surface area contributed by atoms with Crippen LogP contribution in [0.25, 0.3) is 0 Å². The lowest BCUT2D eigenvalue weighted by Gasteiger charge is -2.35. The molecule has 0 aliphatic carbocycles. The van der Waals surface area contributed by atoms with Crippen molar-refractivity contribution in [1.29, 1.82) is 0 Å². The largest absolute Gasteiger partial charge is 0.417 e. The van der Waals surface area contributed by atoms with E-state index in [1.165, 1.54) is 24.3 Å². The van der Waals surface area contributed by atoms with Gasteiger partial charge in [0.05, 0.1) is 11.6 Å². The molecule has 1 aliphatic heterocycles. The number of rotatable bonds is 3. The molecular weight excluding hydrogens is 410 g/mol. The minimum Gasteiger partial charge on any atom is -0.313 e. The molecule has 1 saturated heterocycles. The Labute approximate surface area is 159 Å². The number of halogens is 5. The van der Waals surface area contributed by atoms with Gasteiger partial charge in [-0.25, -0.2) is 12.8 Å². The first-order valence-electron chi connectivity index (χ1n) is 7.70. The van der Waals surface area contributed by atoms with Crippen LogP contribution in [0, 0.1) is 5.82 Å². The minimum absolute atomic E-state index is 0. The molecule has 1 aromatic heterocycles. The van der Waals surface area contributed by atoms with E-state index in [1.807, 2.05) is 0 Å². The van der Waals surface area contributed by atoms with Gasteiger partial charge in [0, 0.05) is 32.0 Å². The first kappa shape index (κ1) is 21.5. The second-order valence-corrected chi connectivity index (χ2v) is 7.62. The monoisotopic (exact) mass is 425 g/mol. The van der Waals surface area contributed by atoms with E-state index in [0.717, 1.165) is 10.5 Å². The Bertz CT molecular complexity index is 909. The van der Waals surface area contributed by atoms with Crippen LogP contribution in [0.4, 0.5) is 17.6 Å². The van der Waals surface area contributed by atoms with Crippen molar-refractivity contribution in [3.05, 3.63) is 59.7 Å². The number of hydrogen-bond acceptors (Lipinski definition) is 4. The summed E-state index contributed by atoms with van der Waals surface area (Å²) in [4.78, 5) is 2.64. The average Bonchev–Trinajstić information content (AvgIpc) is 2.61. The molecule has 1 aliphatic rings. The van der Waals surface area contributed by atoms with Crippen LogP contribution >= 0.6 is 12.4 Å². The van der Waals surface area contributed by atoms with Gasteiger partial charge < -0.3 is 5.32 Å². The maximum absolute atomic E-state index is 13.5. The molecule has 0 spiro atoms. The number of aromatic nitrogens is 1. The summed E-state index contributed by atoms with van der Waals surface area (Å²) in [5.74, 6) is -0.553. The Morgan fingerprint density at radius 3 is 2.63 bits per heavy atom. The molecule has 11 heteroatoms. The van der Waals surface area contributed by atoms with Crippen molar-refractivity contribution in [2.75, 3.05) is 19.6 Å². The zero-order valence-corrected chi connectivity index (χ0v) is 15.4. The number of alkyl halides is 3. The number of hydrogen-bond donors (Lipinski definition) is 1. The van der Waals surface area contributed by atoms with Crippen molar-refractivity contribution in [2.24, 2.45) is 0 Å². The first-order chi connectivity index (χ1) is 12.2. The minimum atomic E-state index is -4.84. The zero-order chi connectivity index (χ0) is 18.9. The van der Waals surface area contributed by atoms with Crippen LogP contribution in [-0.4, -0.2) is 37.3 Å². The van der Waals surface area contributed by atoms with E-state index in [2.05, 4.69) is 10.3 Å². The van der Waals surface area contributed by atoms with Gasteiger partial charge in [-0.15, -0.1) is 12.4 Å². The molecule has 0 amide bonds. The number of nitrogens with one attached hydrogen (secondary N) is 1. The van der Waals surface area contributed by atoms with Crippen LogP contribution in [-0.2, 0) is 16.2 Å². The summed E-state index contributed by atoms with van der Waals surface area (Å²) in [7, 11) is -4.50. The van der Waals surface area contributed by atoms with Crippen molar-refractivity contribution >= 4 is 22.4 Å². The highest BCUT2D eigenvalue weighted by Crippen LogP contribution is 2.37. The highest BCUT2D eigenvalue weighted by atomic mass is 35.5. The highest BCUT2D eigenvalue weighted by Gasteiger charge is 2.42. The molecule has 2 heterocycles. The third-order valence-corrected chi connectivity index (χ3v) is 6.04. The quantitative estimate of drug-likeness (QED) is 0.768. The molecule has 5 nitrogen and oxygen atoms in total. The first-order valence-corrected chi connectivity index (χ1v) is 9.14. The van der Waals surface area contributed by atoms with Gasteiger partial charge in [-0.2, -0.15) is 17.5 Å². The fourth-order valence-electron chi connectivity index (χ4n) is 2.92. The van der Waals surface area contributed by atoms with E-state index < -0.39 is 38.5 Å². The maximum atomic E-state index is 13.5. The summed E-state index contributed by atoms with van der Waals surface area (Å²) in [6.45, 7) is 0.382. The van der Waals surface area contributed by atoms with Crippen LogP contribution in [0.1, 0.15) is 17.2 Å². The predicted molar refractivity (Wildman–Crippen MR) is 92.4 cm³/mol. The van der Waals surface area contributed by atoms with Crippen LogP contribution in [0.3, 0.4) is 0 Å². The molecule has 1 N–H and O–H groups in total. The lowest BCUT2D eigenvalue weighted by Crippen LogP contribution is -2.48. The SMILES string of the molecule is Cl.O=S(=O)(c1cnccc1C(F)(F)F)N1CCNCC1c1cccc(F)c1. The van der Waals surface area contributed by atoms with Crippen LogP contribution in [0.2, 0.25) is 0 Å².